The molecule has 0 aliphatic carbocycles. The molecule has 0 radical (unpaired) electrons. The lowest BCUT2D eigenvalue weighted by Crippen LogP contribution is -2.19. The van der Waals surface area contributed by atoms with Crippen LogP contribution in [0.1, 0.15) is 22.8 Å². The average Bonchev–Trinajstić information content (AvgIpc) is 3.04. The number of nitro benzene ring substituents is 1. The van der Waals surface area contributed by atoms with Crippen LogP contribution in [-0.4, -0.2) is 28.6 Å². The van der Waals surface area contributed by atoms with Crippen LogP contribution in [0.4, 0.5) is 5.69 Å². The molecule has 1 amide bonds. The van der Waals surface area contributed by atoms with Gasteiger partial charge in [-0.3, -0.25) is 14.9 Å². The maximum Gasteiger partial charge on any atom is 0.279 e. The highest BCUT2D eigenvalue weighted by Crippen LogP contribution is 2.23. The fraction of sp³-hybridized carbons (Fsp3) is 0.211. The molecule has 0 N–H and O–H groups in total. The summed E-state index contributed by atoms with van der Waals surface area (Å²) in [6.45, 7) is 3.34. The topological polar surface area (TPSA) is 111 Å². The molecular weight excluding hydrogens is 380 g/mol. The number of carbonyl (C=O) groups excluding carboxylic acids is 1. The molecule has 8 nitrogen and oxygen atoms in total. The van der Waals surface area contributed by atoms with Gasteiger partial charge in [0, 0.05) is 30.8 Å². The van der Waals surface area contributed by atoms with E-state index < -0.39 is 10.8 Å². The summed E-state index contributed by atoms with van der Waals surface area (Å²) < 4.78 is 7.89. The highest BCUT2D eigenvalue weighted by atomic mass is 32.1. The lowest BCUT2D eigenvalue weighted by molar-refractivity contribution is -0.384. The summed E-state index contributed by atoms with van der Waals surface area (Å²) in [5.74, 6) is -0.448. The van der Waals surface area contributed by atoms with Crippen molar-refractivity contribution in [2.24, 2.45) is 4.99 Å². The Hall–Kier alpha value is -3.35. The van der Waals surface area contributed by atoms with E-state index in [1.54, 1.807) is 30.3 Å². The standard InChI is InChI=1S/C19H16N4O4S/c1-2-27-10-9-22-16-8-7-15(23(25)26)11-17(16)28-19(22)21-18(24)14-5-3-13(12-20)4-6-14/h3-8,11H,2,9-10H2,1H3. The molecule has 0 bridgehead atoms. The number of non-ortho nitro benzene ring substituents is 1. The minimum atomic E-state index is -0.456. The SMILES string of the molecule is CCOCCn1c(=NC(=O)c2ccc(C#N)cc2)sc2cc([N+](=O)[O-])ccc21. The minimum Gasteiger partial charge on any atom is -0.380 e. The monoisotopic (exact) mass is 396 g/mol. The van der Waals surface area contributed by atoms with Crippen molar-refractivity contribution in [3.05, 3.63) is 68.5 Å². The number of ether oxygens (including phenoxy) is 1. The van der Waals surface area contributed by atoms with Gasteiger partial charge in [0.2, 0.25) is 0 Å². The van der Waals surface area contributed by atoms with Crippen molar-refractivity contribution in [3.8, 4) is 6.07 Å². The molecule has 0 fully saturated rings. The first-order valence-electron chi connectivity index (χ1n) is 8.48. The Morgan fingerprint density at radius 3 is 2.71 bits per heavy atom. The fourth-order valence-corrected chi connectivity index (χ4v) is 3.70. The van der Waals surface area contributed by atoms with Crippen LogP contribution in [0.5, 0.6) is 0 Å². The van der Waals surface area contributed by atoms with Crippen LogP contribution in [0.3, 0.4) is 0 Å². The van der Waals surface area contributed by atoms with Crippen molar-refractivity contribution in [1.82, 2.24) is 4.57 Å². The number of fused-ring (bicyclic) bond motifs is 1. The molecule has 0 saturated heterocycles. The van der Waals surface area contributed by atoms with E-state index >= 15 is 0 Å². The number of hydrogen-bond acceptors (Lipinski definition) is 6. The molecule has 3 aromatic rings. The van der Waals surface area contributed by atoms with Crippen LogP contribution in [0.2, 0.25) is 0 Å². The highest BCUT2D eigenvalue weighted by molar-refractivity contribution is 7.16. The molecule has 0 aliphatic heterocycles. The van der Waals surface area contributed by atoms with Gasteiger partial charge in [0.25, 0.3) is 11.6 Å². The largest absolute Gasteiger partial charge is 0.380 e. The van der Waals surface area contributed by atoms with Gasteiger partial charge in [-0.05, 0) is 37.3 Å². The van der Waals surface area contributed by atoms with Crippen molar-refractivity contribution >= 4 is 33.1 Å². The van der Waals surface area contributed by atoms with Gasteiger partial charge in [0.15, 0.2) is 4.80 Å². The predicted octanol–water partition coefficient (Wildman–Crippen LogP) is 3.26. The number of nitrogens with zero attached hydrogens (tertiary/aromatic N) is 4. The van der Waals surface area contributed by atoms with E-state index in [0.29, 0.717) is 40.4 Å². The zero-order valence-electron chi connectivity index (χ0n) is 15.0. The van der Waals surface area contributed by atoms with E-state index in [2.05, 4.69) is 4.99 Å². The van der Waals surface area contributed by atoms with E-state index in [9.17, 15) is 14.9 Å². The first-order valence-corrected chi connectivity index (χ1v) is 9.30. The lowest BCUT2D eigenvalue weighted by atomic mass is 10.1. The van der Waals surface area contributed by atoms with Crippen LogP contribution in [0.15, 0.2) is 47.5 Å². The number of carbonyl (C=O) groups is 1. The molecule has 1 heterocycles. The number of rotatable bonds is 6. The summed E-state index contributed by atoms with van der Waals surface area (Å²) in [6, 6.07) is 12.8. The summed E-state index contributed by atoms with van der Waals surface area (Å²) in [6.07, 6.45) is 0. The van der Waals surface area contributed by atoms with Gasteiger partial charge < -0.3 is 9.30 Å². The number of hydrogen-bond donors (Lipinski definition) is 0. The Morgan fingerprint density at radius 2 is 2.07 bits per heavy atom. The van der Waals surface area contributed by atoms with Crippen LogP contribution in [0, 0.1) is 21.4 Å². The Balaban J connectivity index is 2.06. The molecule has 0 spiro atoms. The molecule has 0 aliphatic rings. The first kappa shape index (κ1) is 19.4. The van der Waals surface area contributed by atoms with Crippen LogP contribution in [-0.2, 0) is 11.3 Å². The summed E-state index contributed by atoms with van der Waals surface area (Å²) in [5.41, 5.74) is 1.55. The number of benzene rings is 2. The van der Waals surface area contributed by atoms with Crippen molar-refractivity contribution in [3.63, 3.8) is 0 Å². The van der Waals surface area contributed by atoms with Crippen molar-refractivity contribution < 1.29 is 14.5 Å². The number of nitro groups is 1. The van der Waals surface area contributed by atoms with Gasteiger partial charge in [0.1, 0.15) is 0 Å². The smallest absolute Gasteiger partial charge is 0.279 e. The molecule has 142 valence electrons. The number of aromatic nitrogens is 1. The third-order valence-electron chi connectivity index (χ3n) is 4.00. The van der Waals surface area contributed by atoms with Crippen molar-refractivity contribution in [2.75, 3.05) is 13.2 Å². The molecule has 0 atom stereocenters. The predicted molar refractivity (Wildman–Crippen MR) is 104 cm³/mol. The quantitative estimate of drug-likeness (QED) is 0.361. The molecule has 3 rings (SSSR count). The summed E-state index contributed by atoms with van der Waals surface area (Å²) in [7, 11) is 0. The maximum absolute atomic E-state index is 12.6. The highest BCUT2D eigenvalue weighted by Gasteiger charge is 2.13. The van der Waals surface area contributed by atoms with Gasteiger partial charge in [-0.2, -0.15) is 10.3 Å². The minimum absolute atomic E-state index is 0.0179. The van der Waals surface area contributed by atoms with Crippen molar-refractivity contribution in [2.45, 2.75) is 13.5 Å². The van der Waals surface area contributed by atoms with Gasteiger partial charge in [-0.25, -0.2) is 0 Å². The second-order valence-corrected chi connectivity index (χ2v) is 6.76. The molecular formula is C19H16N4O4S. The first-order chi connectivity index (χ1) is 13.5. The Morgan fingerprint density at radius 1 is 1.32 bits per heavy atom. The second kappa shape index (κ2) is 8.56. The molecule has 0 saturated carbocycles. The van der Waals surface area contributed by atoms with Gasteiger partial charge >= 0.3 is 0 Å². The summed E-state index contributed by atoms with van der Waals surface area (Å²) in [4.78, 5) is 27.8. The third-order valence-corrected chi connectivity index (χ3v) is 5.04. The van der Waals surface area contributed by atoms with Gasteiger partial charge in [0.05, 0.1) is 33.4 Å². The maximum atomic E-state index is 12.6. The Bertz CT molecular complexity index is 1140. The third kappa shape index (κ3) is 4.14. The van der Waals surface area contributed by atoms with Crippen molar-refractivity contribution in [1.29, 1.82) is 5.26 Å². The molecule has 2 aromatic carbocycles. The van der Waals surface area contributed by atoms with Gasteiger partial charge in [-0.15, -0.1) is 0 Å². The average molecular weight is 396 g/mol. The van der Waals surface area contributed by atoms with E-state index in [1.165, 1.54) is 23.5 Å². The molecule has 9 heteroatoms. The Labute approximate surface area is 164 Å². The number of nitriles is 1. The summed E-state index contributed by atoms with van der Waals surface area (Å²) in [5, 5.41) is 19.9. The van der Waals surface area contributed by atoms with Crippen LogP contribution >= 0.6 is 11.3 Å². The van der Waals surface area contributed by atoms with E-state index in [1.807, 2.05) is 17.6 Å². The van der Waals surface area contributed by atoms with Crippen LogP contribution < -0.4 is 4.80 Å². The van der Waals surface area contributed by atoms with Crippen LogP contribution in [0.25, 0.3) is 10.2 Å². The molecule has 1 aromatic heterocycles. The molecule has 0 unspecified atom stereocenters. The zero-order valence-corrected chi connectivity index (χ0v) is 15.8. The van der Waals surface area contributed by atoms with Gasteiger partial charge in [-0.1, -0.05) is 11.3 Å². The van der Waals surface area contributed by atoms with E-state index in [0.717, 1.165) is 5.52 Å². The summed E-state index contributed by atoms with van der Waals surface area (Å²) >= 11 is 1.21. The fourth-order valence-electron chi connectivity index (χ4n) is 2.62. The number of thiazole rings is 1. The molecule has 28 heavy (non-hydrogen) atoms. The van der Waals surface area contributed by atoms with E-state index in [4.69, 9.17) is 10.00 Å². The number of amides is 1. The normalized spacial score (nSPS) is 11.5. The van der Waals surface area contributed by atoms with E-state index in [-0.39, 0.29) is 5.69 Å². The second-order valence-electron chi connectivity index (χ2n) is 5.75. The Kier molecular flexibility index (Phi) is 5.93. The zero-order chi connectivity index (χ0) is 20.1. The lowest BCUT2D eigenvalue weighted by Gasteiger charge is -2.05.